The van der Waals surface area contributed by atoms with Gasteiger partial charge in [-0.15, -0.1) is 0 Å². The average Bonchev–Trinajstić information content (AvgIpc) is 3.40. The van der Waals surface area contributed by atoms with Crippen LogP contribution in [0.25, 0.3) is 11.1 Å². The van der Waals surface area contributed by atoms with Gasteiger partial charge in [-0.2, -0.15) is 4.31 Å². The van der Waals surface area contributed by atoms with Gasteiger partial charge in [0.25, 0.3) is 5.91 Å². The Labute approximate surface area is 197 Å². The van der Waals surface area contributed by atoms with Gasteiger partial charge in [0.1, 0.15) is 0 Å². The van der Waals surface area contributed by atoms with E-state index in [2.05, 4.69) is 0 Å². The summed E-state index contributed by atoms with van der Waals surface area (Å²) in [7, 11) is -3.26. The third-order valence-electron chi connectivity index (χ3n) is 6.65. The van der Waals surface area contributed by atoms with Gasteiger partial charge in [0.2, 0.25) is 10.0 Å². The number of hydrogen-bond acceptors (Lipinski definition) is 5. The molecule has 7 nitrogen and oxygen atoms in total. The van der Waals surface area contributed by atoms with E-state index in [-0.39, 0.29) is 23.7 Å². The summed E-state index contributed by atoms with van der Waals surface area (Å²) in [5.74, 6) is -0.154. The van der Waals surface area contributed by atoms with Crippen LogP contribution in [0.2, 0.25) is 10.0 Å². The predicted octanol–water partition coefficient (Wildman–Crippen LogP) is 3.34. The molecule has 2 aromatic rings. The molecule has 0 radical (unpaired) electrons. The van der Waals surface area contributed by atoms with E-state index in [1.54, 1.807) is 27.4 Å². The van der Waals surface area contributed by atoms with Crippen LogP contribution in [0.3, 0.4) is 0 Å². The molecule has 5 rings (SSSR count). The molecular weight excluding hydrogens is 471 g/mol. The first kappa shape index (κ1) is 22.1. The lowest BCUT2D eigenvalue weighted by molar-refractivity contribution is 0.0712. The van der Waals surface area contributed by atoms with E-state index in [4.69, 9.17) is 33.9 Å². The summed E-state index contributed by atoms with van der Waals surface area (Å²) >= 11 is 12.6. The highest BCUT2D eigenvalue weighted by atomic mass is 35.5. The SMILES string of the molecule is Cc1nc2c(c(-c3ccc(Cl)cc3Cl)c1CN)C(=O)N([C@H]1CCN(S(=O)(=O)C3CC3)C1)C2. The lowest BCUT2D eigenvalue weighted by atomic mass is 9.93. The molecule has 2 fully saturated rings. The molecule has 10 heteroatoms. The number of aryl methyl sites for hydroxylation is 1. The highest BCUT2D eigenvalue weighted by Gasteiger charge is 2.46. The maximum Gasteiger partial charge on any atom is 0.257 e. The maximum absolute atomic E-state index is 13.6. The van der Waals surface area contributed by atoms with Crippen LogP contribution in [0.5, 0.6) is 0 Å². The zero-order valence-corrected chi connectivity index (χ0v) is 20.0. The number of nitrogens with zero attached hydrogens (tertiary/aromatic N) is 3. The number of amides is 1. The van der Waals surface area contributed by atoms with E-state index in [1.807, 2.05) is 6.92 Å². The molecule has 2 N–H and O–H groups in total. The Bertz CT molecular complexity index is 1230. The van der Waals surface area contributed by atoms with E-state index >= 15 is 0 Å². The number of carbonyl (C=O) groups excluding carboxylic acids is 1. The van der Waals surface area contributed by atoms with Crippen LogP contribution in [-0.2, 0) is 23.1 Å². The third-order valence-corrected chi connectivity index (χ3v) is 9.56. The molecule has 1 amide bonds. The van der Waals surface area contributed by atoms with Crippen molar-refractivity contribution >= 4 is 39.1 Å². The minimum atomic E-state index is -3.26. The molecular formula is C22H24Cl2N4O3S. The zero-order valence-electron chi connectivity index (χ0n) is 17.6. The van der Waals surface area contributed by atoms with Crippen molar-refractivity contribution < 1.29 is 13.2 Å². The van der Waals surface area contributed by atoms with Gasteiger partial charge in [0, 0.05) is 52.5 Å². The molecule has 1 atom stereocenters. The number of aromatic nitrogens is 1. The maximum atomic E-state index is 13.6. The number of benzene rings is 1. The monoisotopic (exact) mass is 494 g/mol. The van der Waals surface area contributed by atoms with Gasteiger partial charge in [0.05, 0.1) is 23.1 Å². The van der Waals surface area contributed by atoms with Gasteiger partial charge in [-0.3, -0.25) is 9.78 Å². The Morgan fingerprint density at radius 3 is 2.59 bits per heavy atom. The number of pyridine rings is 1. The van der Waals surface area contributed by atoms with Gasteiger partial charge < -0.3 is 10.6 Å². The predicted molar refractivity (Wildman–Crippen MR) is 124 cm³/mol. The summed E-state index contributed by atoms with van der Waals surface area (Å²) in [5.41, 5.74) is 10.2. The van der Waals surface area contributed by atoms with Crippen LogP contribution in [0.1, 0.15) is 46.6 Å². The van der Waals surface area contributed by atoms with Crippen molar-refractivity contribution in [2.75, 3.05) is 13.1 Å². The second-order valence-corrected chi connectivity index (χ2v) is 11.7. The lowest BCUT2D eigenvalue weighted by Crippen LogP contribution is -2.39. The van der Waals surface area contributed by atoms with Crippen LogP contribution in [0, 0.1) is 6.92 Å². The van der Waals surface area contributed by atoms with Crippen LogP contribution in [0.4, 0.5) is 0 Å². The van der Waals surface area contributed by atoms with E-state index in [0.29, 0.717) is 58.5 Å². The normalized spacial score (nSPS) is 21.4. The van der Waals surface area contributed by atoms with Gasteiger partial charge in [0.15, 0.2) is 0 Å². The number of nitrogens with two attached hydrogens (primary N) is 1. The zero-order chi connectivity index (χ0) is 22.8. The topological polar surface area (TPSA) is 96.6 Å². The quantitative estimate of drug-likeness (QED) is 0.687. The molecule has 3 aliphatic rings. The minimum Gasteiger partial charge on any atom is -0.328 e. The molecule has 0 spiro atoms. The fraction of sp³-hybridized carbons (Fsp3) is 0.455. The van der Waals surface area contributed by atoms with E-state index in [1.165, 1.54) is 0 Å². The number of fused-ring (bicyclic) bond motifs is 1. The third kappa shape index (κ3) is 3.53. The Balaban J connectivity index is 1.53. The molecule has 1 aromatic heterocycles. The molecule has 1 saturated heterocycles. The number of rotatable bonds is 5. The molecule has 0 bridgehead atoms. The molecule has 2 aliphatic heterocycles. The molecule has 3 heterocycles. The second kappa shape index (κ2) is 7.95. The molecule has 1 aliphatic carbocycles. The summed E-state index contributed by atoms with van der Waals surface area (Å²) in [6, 6.07) is 5.00. The van der Waals surface area contributed by atoms with Crippen LogP contribution >= 0.6 is 23.2 Å². The van der Waals surface area contributed by atoms with Gasteiger partial charge in [-0.1, -0.05) is 29.3 Å². The van der Waals surface area contributed by atoms with Crippen LogP contribution in [0.15, 0.2) is 18.2 Å². The van der Waals surface area contributed by atoms with E-state index < -0.39 is 10.0 Å². The van der Waals surface area contributed by atoms with Gasteiger partial charge in [-0.05, 0) is 43.9 Å². The van der Waals surface area contributed by atoms with E-state index in [0.717, 1.165) is 24.1 Å². The molecule has 0 unspecified atom stereocenters. The van der Waals surface area contributed by atoms with Crippen molar-refractivity contribution in [2.24, 2.45) is 5.73 Å². The molecule has 1 aromatic carbocycles. The van der Waals surface area contributed by atoms with Crippen molar-refractivity contribution in [3.05, 3.63) is 50.8 Å². The van der Waals surface area contributed by atoms with Crippen molar-refractivity contribution in [3.8, 4) is 11.1 Å². The van der Waals surface area contributed by atoms with Gasteiger partial charge in [-0.25, -0.2) is 8.42 Å². The standard InChI is InChI=1S/C22H24Cl2N4O3S/c1-12-17(9-25)20(16-5-2-13(23)8-18(16)24)21-19(26-12)11-28(22(21)29)14-6-7-27(10-14)32(30,31)15-3-4-15/h2,5,8,14-15H,3-4,6-7,9-11,25H2,1H3/t14-/m0/s1. The summed E-state index contributed by atoms with van der Waals surface area (Å²) in [6.07, 6.45) is 2.08. The van der Waals surface area contributed by atoms with Crippen molar-refractivity contribution in [1.82, 2.24) is 14.2 Å². The first-order valence-corrected chi connectivity index (χ1v) is 13.0. The molecule has 170 valence electrons. The van der Waals surface area contributed by atoms with Gasteiger partial charge >= 0.3 is 0 Å². The summed E-state index contributed by atoms with van der Waals surface area (Å²) < 4.78 is 26.9. The number of carbonyl (C=O) groups is 1. The Kier molecular flexibility index (Phi) is 5.49. The first-order chi connectivity index (χ1) is 15.2. The summed E-state index contributed by atoms with van der Waals surface area (Å²) in [6.45, 7) is 3.21. The fourth-order valence-electron chi connectivity index (χ4n) is 4.83. The molecule has 32 heavy (non-hydrogen) atoms. The highest BCUT2D eigenvalue weighted by molar-refractivity contribution is 7.90. The average molecular weight is 495 g/mol. The second-order valence-electron chi connectivity index (χ2n) is 8.68. The first-order valence-electron chi connectivity index (χ1n) is 10.7. The van der Waals surface area contributed by atoms with Crippen molar-refractivity contribution in [1.29, 1.82) is 0 Å². The van der Waals surface area contributed by atoms with Crippen LogP contribution < -0.4 is 5.73 Å². The fourth-order valence-corrected chi connectivity index (χ4v) is 7.23. The van der Waals surface area contributed by atoms with Crippen molar-refractivity contribution in [3.63, 3.8) is 0 Å². The number of hydrogen-bond donors (Lipinski definition) is 1. The Morgan fingerprint density at radius 2 is 1.94 bits per heavy atom. The number of sulfonamides is 1. The van der Waals surface area contributed by atoms with Crippen LogP contribution in [-0.4, -0.2) is 52.9 Å². The Morgan fingerprint density at radius 1 is 1.19 bits per heavy atom. The van der Waals surface area contributed by atoms with Crippen molar-refractivity contribution in [2.45, 2.75) is 50.6 Å². The number of halogens is 2. The lowest BCUT2D eigenvalue weighted by Gasteiger charge is -2.24. The smallest absolute Gasteiger partial charge is 0.257 e. The summed E-state index contributed by atoms with van der Waals surface area (Å²) in [4.78, 5) is 20.1. The molecule has 1 saturated carbocycles. The summed E-state index contributed by atoms with van der Waals surface area (Å²) in [5, 5.41) is 0.697. The Hall–Kier alpha value is -1.71. The largest absolute Gasteiger partial charge is 0.328 e. The highest BCUT2D eigenvalue weighted by Crippen LogP contribution is 2.41. The minimum absolute atomic E-state index is 0.154. The van der Waals surface area contributed by atoms with E-state index in [9.17, 15) is 13.2 Å².